The number of rotatable bonds is 7. The molecule has 0 heterocycles. The molecule has 2 aliphatic carbocycles. The quantitative estimate of drug-likeness (QED) is 0.231. The van der Waals surface area contributed by atoms with Gasteiger partial charge in [0.25, 0.3) is 5.91 Å². The lowest BCUT2D eigenvalue weighted by Crippen LogP contribution is -2.22. The normalized spacial score (nSPS) is 19.6. The van der Waals surface area contributed by atoms with Gasteiger partial charge in [0.1, 0.15) is 9.75 Å². The highest BCUT2D eigenvalue weighted by Gasteiger charge is 2.67. The van der Waals surface area contributed by atoms with Crippen molar-refractivity contribution in [1.29, 1.82) is 5.26 Å². The molecule has 0 saturated heterocycles. The van der Waals surface area contributed by atoms with E-state index in [0.29, 0.717) is 45.5 Å². The number of hydrogen-bond donors (Lipinski definition) is 3. The van der Waals surface area contributed by atoms with Crippen LogP contribution < -0.4 is 16.0 Å². The van der Waals surface area contributed by atoms with Gasteiger partial charge in [0.2, 0.25) is 11.8 Å². The third-order valence-corrected chi connectivity index (χ3v) is 8.56. The fourth-order valence-corrected chi connectivity index (χ4v) is 5.99. The van der Waals surface area contributed by atoms with Gasteiger partial charge in [-0.1, -0.05) is 34.8 Å². The maximum absolute atomic E-state index is 13.1. The molecule has 7 nitrogen and oxygen atoms in total. The summed E-state index contributed by atoms with van der Waals surface area (Å²) in [6.45, 7) is 0. The van der Waals surface area contributed by atoms with Crippen molar-refractivity contribution in [1.82, 2.24) is 0 Å². The summed E-state index contributed by atoms with van der Waals surface area (Å²) < 4.78 is -1.36. The number of carbonyl (C=O) groups is 3. The van der Waals surface area contributed by atoms with Crippen LogP contribution in [0.3, 0.4) is 0 Å². The molecule has 2 atom stereocenters. The van der Waals surface area contributed by atoms with Crippen molar-refractivity contribution in [2.75, 3.05) is 16.0 Å². The second-order valence-electron chi connectivity index (χ2n) is 9.70. The molecule has 2 saturated carbocycles. The van der Waals surface area contributed by atoms with Crippen LogP contribution in [0.25, 0.3) is 0 Å². The molecule has 204 valence electrons. The summed E-state index contributed by atoms with van der Waals surface area (Å²) in [6.07, 6.45) is 1.08. The molecule has 3 amide bonds. The Balaban J connectivity index is 1.24. The van der Waals surface area contributed by atoms with Gasteiger partial charge in [-0.2, -0.15) is 5.26 Å². The van der Waals surface area contributed by atoms with Crippen LogP contribution in [0.1, 0.15) is 34.7 Å². The number of carbonyl (C=O) groups excluding carboxylic acids is 3. The zero-order valence-electron chi connectivity index (χ0n) is 20.4. The van der Waals surface area contributed by atoms with Gasteiger partial charge in [0, 0.05) is 33.0 Å². The van der Waals surface area contributed by atoms with Gasteiger partial charge in [0.05, 0.1) is 22.6 Å². The fourth-order valence-electron chi connectivity index (χ4n) is 4.42. The highest BCUT2D eigenvalue weighted by Crippen LogP contribution is 2.65. The first kappa shape index (κ1) is 28.5. The molecule has 0 radical (unpaired) electrons. The van der Waals surface area contributed by atoms with Crippen molar-refractivity contribution in [2.24, 2.45) is 11.3 Å². The Labute approximate surface area is 254 Å². The number of amides is 3. The second kappa shape index (κ2) is 10.8. The Morgan fingerprint density at radius 2 is 1.38 bits per heavy atom. The Bertz CT molecular complexity index is 1560. The van der Waals surface area contributed by atoms with Crippen LogP contribution in [0.2, 0.25) is 15.1 Å². The Morgan fingerprint density at radius 3 is 1.95 bits per heavy atom. The van der Waals surface area contributed by atoms with Crippen molar-refractivity contribution in [3.63, 3.8) is 0 Å². The Hall–Kier alpha value is -2.99. The van der Waals surface area contributed by atoms with Crippen LogP contribution in [-0.2, 0) is 9.59 Å². The maximum Gasteiger partial charge on any atom is 0.257 e. The molecule has 0 spiro atoms. The lowest BCUT2D eigenvalue weighted by molar-refractivity contribution is -0.119. The third kappa shape index (κ3) is 5.74. The summed E-state index contributed by atoms with van der Waals surface area (Å²) in [4.78, 5) is 38.3. The summed E-state index contributed by atoms with van der Waals surface area (Å²) in [6, 6.07) is 17.9. The molecule has 3 aromatic carbocycles. The first-order chi connectivity index (χ1) is 18.9. The van der Waals surface area contributed by atoms with Crippen LogP contribution in [0.5, 0.6) is 0 Å². The zero-order chi connectivity index (χ0) is 28.8. The van der Waals surface area contributed by atoms with E-state index in [1.807, 2.05) is 6.07 Å². The van der Waals surface area contributed by atoms with Gasteiger partial charge in [-0.3, -0.25) is 14.4 Å². The molecular formula is C28H19Cl5N4O3. The van der Waals surface area contributed by atoms with Crippen LogP contribution in [-0.4, -0.2) is 22.1 Å². The van der Waals surface area contributed by atoms with Crippen LogP contribution in [0.15, 0.2) is 60.7 Å². The van der Waals surface area contributed by atoms with Crippen molar-refractivity contribution >= 4 is 92.8 Å². The van der Waals surface area contributed by atoms with E-state index < -0.39 is 33.4 Å². The van der Waals surface area contributed by atoms with E-state index in [2.05, 4.69) is 16.0 Å². The summed E-state index contributed by atoms with van der Waals surface area (Å²) in [7, 11) is 0. The summed E-state index contributed by atoms with van der Waals surface area (Å²) in [5.74, 6) is -2.60. The fraction of sp³-hybridized carbons (Fsp3) is 0.214. The molecule has 3 N–H and O–H groups in total. The largest absolute Gasteiger partial charge is 0.326 e. The van der Waals surface area contributed by atoms with Crippen molar-refractivity contribution < 1.29 is 14.4 Å². The smallest absolute Gasteiger partial charge is 0.257 e. The molecule has 0 aliphatic heterocycles. The predicted molar refractivity (Wildman–Crippen MR) is 158 cm³/mol. The monoisotopic (exact) mass is 634 g/mol. The molecule has 12 heteroatoms. The number of benzene rings is 3. The van der Waals surface area contributed by atoms with Crippen molar-refractivity contribution in [3.8, 4) is 6.07 Å². The average Bonchev–Trinajstić information content (AvgIpc) is 3.80. The molecule has 0 unspecified atom stereocenters. The van der Waals surface area contributed by atoms with E-state index >= 15 is 0 Å². The van der Waals surface area contributed by atoms with E-state index in [1.165, 1.54) is 12.1 Å². The van der Waals surface area contributed by atoms with Gasteiger partial charge >= 0.3 is 0 Å². The first-order valence-electron chi connectivity index (χ1n) is 12.0. The van der Waals surface area contributed by atoms with Crippen molar-refractivity contribution in [2.45, 2.75) is 23.1 Å². The number of hydrogen-bond acceptors (Lipinski definition) is 4. The highest BCUT2D eigenvalue weighted by atomic mass is 35.5. The number of nitrogens with zero attached hydrogens (tertiary/aromatic N) is 1. The summed E-state index contributed by atoms with van der Waals surface area (Å²) in [5.41, 5.74) is 1.09. The average molecular weight is 637 g/mol. The molecule has 40 heavy (non-hydrogen) atoms. The summed E-state index contributed by atoms with van der Waals surface area (Å²) >= 11 is 31.3. The zero-order valence-corrected chi connectivity index (χ0v) is 24.2. The molecule has 5 rings (SSSR count). The van der Waals surface area contributed by atoms with Crippen LogP contribution in [0, 0.1) is 22.7 Å². The Morgan fingerprint density at radius 1 is 0.800 bits per heavy atom. The number of alkyl halides is 2. The van der Waals surface area contributed by atoms with E-state index in [-0.39, 0.29) is 16.5 Å². The minimum atomic E-state index is -1.36. The highest BCUT2D eigenvalue weighted by molar-refractivity contribution is 6.53. The Kier molecular flexibility index (Phi) is 7.68. The molecular weight excluding hydrogens is 618 g/mol. The molecule has 3 aromatic rings. The van der Waals surface area contributed by atoms with Gasteiger partial charge in [-0.15, -0.1) is 23.2 Å². The van der Waals surface area contributed by atoms with E-state index in [4.69, 9.17) is 63.3 Å². The molecule has 0 aromatic heterocycles. The topological polar surface area (TPSA) is 111 Å². The lowest BCUT2D eigenvalue weighted by Gasteiger charge is -2.11. The van der Waals surface area contributed by atoms with Crippen molar-refractivity contribution in [3.05, 3.63) is 86.9 Å². The lowest BCUT2D eigenvalue weighted by atomic mass is 10.1. The minimum Gasteiger partial charge on any atom is -0.326 e. The van der Waals surface area contributed by atoms with Gasteiger partial charge in [0.15, 0.2) is 0 Å². The molecule has 0 bridgehead atoms. The number of nitrogens with one attached hydrogen (secondary N) is 3. The minimum absolute atomic E-state index is 0.124. The van der Waals surface area contributed by atoms with E-state index in [0.717, 1.165) is 0 Å². The number of nitriles is 1. The van der Waals surface area contributed by atoms with E-state index in [9.17, 15) is 14.4 Å². The number of halogens is 5. The van der Waals surface area contributed by atoms with Crippen LogP contribution in [0.4, 0.5) is 17.1 Å². The van der Waals surface area contributed by atoms with Gasteiger partial charge in [-0.05, 0) is 79.1 Å². The predicted octanol–water partition coefficient (Wildman–Crippen LogP) is 7.67. The second-order valence-corrected chi connectivity index (χ2v) is 12.4. The number of anilines is 3. The van der Waals surface area contributed by atoms with Crippen LogP contribution >= 0.6 is 58.0 Å². The standard InChI is InChI=1S/C28H19Cl5N4O3/c29-15-9-14(10-16(30)11-15)22-23(28(22,32)33)25(39)36-19-5-6-21(31)20(12-19)24(38)35-17-1-3-18(4-2-17)37-26(40)27(13-34)7-8-27/h1-6,9-12,22-23H,7-8H2,(H,35,38)(H,36,39)(H,37,40)/t22-,23+/m1/s1. The SMILES string of the molecule is N#CC1(C(=O)Nc2ccc(NC(=O)c3cc(NC(=O)[C@@H]4[C@@H](c5cc(Cl)cc(Cl)c5)C4(Cl)Cl)ccc3Cl)cc2)CC1. The maximum atomic E-state index is 13.1. The summed E-state index contributed by atoms with van der Waals surface area (Å²) in [5, 5.41) is 18.3. The molecule has 2 fully saturated rings. The third-order valence-electron chi connectivity index (χ3n) is 6.86. The first-order valence-corrected chi connectivity index (χ1v) is 13.9. The molecule has 2 aliphatic rings. The van der Waals surface area contributed by atoms with Gasteiger partial charge in [-0.25, -0.2) is 0 Å². The van der Waals surface area contributed by atoms with E-state index in [1.54, 1.807) is 48.5 Å². The van der Waals surface area contributed by atoms with Gasteiger partial charge < -0.3 is 16.0 Å².